The van der Waals surface area contributed by atoms with Gasteiger partial charge in [0.1, 0.15) is 5.75 Å². The van der Waals surface area contributed by atoms with Gasteiger partial charge >= 0.3 is 0 Å². The quantitative estimate of drug-likeness (QED) is 0.492. The number of carbonyl (C=O) groups excluding carboxylic acids is 1. The van der Waals surface area contributed by atoms with Crippen LogP contribution < -0.4 is 5.32 Å². The predicted octanol–water partition coefficient (Wildman–Crippen LogP) is 3.76. The van der Waals surface area contributed by atoms with E-state index in [1.54, 1.807) is 24.3 Å². The summed E-state index contributed by atoms with van der Waals surface area (Å²) in [5, 5.41) is 12.5. The molecule has 0 radical (unpaired) electrons. The third-order valence-corrected chi connectivity index (χ3v) is 3.02. The van der Waals surface area contributed by atoms with E-state index in [4.69, 9.17) is 0 Å². The summed E-state index contributed by atoms with van der Waals surface area (Å²) in [5.74, 6) is 0.0764. The zero-order valence-electron chi connectivity index (χ0n) is 11.3. The number of rotatable bonds is 5. The molecular weight excluding hydrogens is 250 g/mol. The van der Waals surface area contributed by atoms with Crippen molar-refractivity contribution in [3.05, 3.63) is 71.9 Å². The van der Waals surface area contributed by atoms with Crippen LogP contribution in [-0.2, 0) is 6.42 Å². The molecular formula is C17H17NO2. The zero-order valence-corrected chi connectivity index (χ0v) is 11.3. The minimum absolute atomic E-state index is 0.0735. The smallest absolute Gasteiger partial charge is 0.187 e. The number of aromatic hydroxyl groups is 1. The monoisotopic (exact) mass is 267 g/mol. The Morgan fingerprint density at radius 3 is 2.50 bits per heavy atom. The summed E-state index contributed by atoms with van der Waals surface area (Å²) in [6.45, 7) is 2.08. The van der Waals surface area contributed by atoms with Crippen LogP contribution >= 0.6 is 0 Å². The fourth-order valence-electron chi connectivity index (χ4n) is 1.80. The number of phenolic OH excluding ortho intramolecular Hbond substituents is 1. The number of aryl methyl sites for hydroxylation is 1. The normalized spacial score (nSPS) is 10.7. The van der Waals surface area contributed by atoms with Gasteiger partial charge in [0.05, 0.1) is 5.69 Å². The van der Waals surface area contributed by atoms with Gasteiger partial charge in [-0.3, -0.25) is 4.79 Å². The molecule has 3 nitrogen and oxygen atoms in total. The fourth-order valence-corrected chi connectivity index (χ4v) is 1.80. The molecule has 3 heteroatoms. The van der Waals surface area contributed by atoms with Crippen LogP contribution in [0.3, 0.4) is 0 Å². The molecule has 0 aromatic heterocycles. The Hall–Kier alpha value is -2.55. The summed E-state index contributed by atoms with van der Waals surface area (Å²) in [6.07, 6.45) is 3.94. The van der Waals surface area contributed by atoms with E-state index in [1.165, 1.54) is 17.8 Å². The molecule has 0 fully saturated rings. The van der Waals surface area contributed by atoms with Gasteiger partial charge in [0.2, 0.25) is 0 Å². The van der Waals surface area contributed by atoms with E-state index in [-0.39, 0.29) is 11.5 Å². The second-order valence-electron chi connectivity index (χ2n) is 4.41. The third kappa shape index (κ3) is 3.48. The lowest BCUT2D eigenvalue weighted by Gasteiger charge is -2.03. The average molecular weight is 267 g/mol. The molecule has 102 valence electrons. The van der Waals surface area contributed by atoms with Gasteiger partial charge in [-0.05, 0) is 24.1 Å². The van der Waals surface area contributed by atoms with E-state index < -0.39 is 0 Å². The Bertz CT molecular complexity index is 615. The van der Waals surface area contributed by atoms with Crippen LogP contribution in [0, 0.1) is 0 Å². The number of para-hydroxylation sites is 2. The van der Waals surface area contributed by atoms with Crippen molar-refractivity contribution in [3.8, 4) is 5.75 Å². The molecule has 2 aromatic rings. The maximum absolute atomic E-state index is 11.9. The molecule has 0 spiro atoms. The van der Waals surface area contributed by atoms with Crippen molar-refractivity contribution >= 4 is 11.5 Å². The molecule has 0 heterocycles. The molecule has 0 aliphatic carbocycles. The summed E-state index contributed by atoms with van der Waals surface area (Å²) in [7, 11) is 0. The molecule has 0 atom stereocenters. The van der Waals surface area contributed by atoms with E-state index >= 15 is 0 Å². The van der Waals surface area contributed by atoms with Crippen LogP contribution in [-0.4, -0.2) is 10.9 Å². The third-order valence-electron chi connectivity index (χ3n) is 3.02. The highest BCUT2D eigenvalue weighted by atomic mass is 16.3. The maximum Gasteiger partial charge on any atom is 0.187 e. The highest BCUT2D eigenvalue weighted by molar-refractivity contribution is 6.04. The van der Waals surface area contributed by atoms with Crippen LogP contribution in [0.25, 0.3) is 0 Å². The minimum Gasteiger partial charge on any atom is -0.506 e. The first kappa shape index (κ1) is 13.9. The first-order valence-electron chi connectivity index (χ1n) is 6.55. The second kappa shape index (κ2) is 6.57. The number of anilines is 1. The largest absolute Gasteiger partial charge is 0.506 e. The number of hydrogen-bond donors (Lipinski definition) is 2. The Balaban J connectivity index is 2.00. The van der Waals surface area contributed by atoms with Gasteiger partial charge in [-0.15, -0.1) is 0 Å². The first-order valence-corrected chi connectivity index (χ1v) is 6.55. The number of allylic oxidation sites excluding steroid dienone is 1. The van der Waals surface area contributed by atoms with Crippen molar-refractivity contribution in [1.29, 1.82) is 0 Å². The molecule has 20 heavy (non-hydrogen) atoms. The summed E-state index contributed by atoms with van der Waals surface area (Å²) in [4.78, 5) is 11.9. The van der Waals surface area contributed by atoms with Gasteiger partial charge in [-0.25, -0.2) is 0 Å². The molecule has 0 amide bonds. The van der Waals surface area contributed by atoms with Crippen LogP contribution in [0.4, 0.5) is 5.69 Å². The second-order valence-corrected chi connectivity index (χ2v) is 4.41. The molecule has 0 aliphatic rings. The molecule has 2 rings (SSSR count). The summed E-state index contributed by atoms with van der Waals surface area (Å²) in [6, 6.07) is 14.4. The molecule has 0 saturated heterocycles. The van der Waals surface area contributed by atoms with Crippen molar-refractivity contribution in [2.45, 2.75) is 13.3 Å². The number of hydrogen-bond acceptors (Lipinski definition) is 3. The number of benzene rings is 2. The Labute approximate surface area is 118 Å². The van der Waals surface area contributed by atoms with Crippen LogP contribution in [0.1, 0.15) is 22.8 Å². The maximum atomic E-state index is 11.9. The lowest BCUT2D eigenvalue weighted by Crippen LogP contribution is -1.96. The zero-order chi connectivity index (χ0) is 14.4. The van der Waals surface area contributed by atoms with Crippen LogP contribution in [0.15, 0.2) is 60.8 Å². The topological polar surface area (TPSA) is 49.3 Å². The number of ketones is 1. The van der Waals surface area contributed by atoms with Gasteiger partial charge in [-0.1, -0.05) is 43.3 Å². The molecule has 0 bridgehead atoms. The highest BCUT2D eigenvalue weighted by Gasteiger charge is 2.01. The van der Waals surface area contributed by atoms with Crippen molar-refractivity contribution in [2.75, 3.05) is 5.32 Å². The molecule has 2 aromatic carbocycles. The van der Waals surface area contributed by atoms with Gasteiger partial charge in [0.25, 0.3) is 0 Å². The lowest BCUT2D eigenvalue weighted by molar-refractivity contribution is 0.104. The number of phenols is 1. The van der Waals surface area contributed by atoms with Crippen molar-refractivity contribution in [3.63, 3.8) is 0 Å². The minimum atomic E-state index is -0.0735. The summed E-state index contributed by atoms with van der Waals surface area (Å²) < 4.78 is 0. The van der Waals surface area contributed by atoms with E-state index in [9.17, 15) is 9.90 Å². The van der Waals surface area contributed by atoms with Crippen molar-refractivity contribution < 1.29 is 9.90 Å². The fraction of sp³-hybridized carbons (Fsp3) is 0.118. The molecule has 2 N–H and O–H groups in total. The van der Waals surface area contributed by atoms with Gasteiger partial charge in [0, 0.05) is 17.8 Å². The van der Waals surface area contributed by atoms with E-state index in [0.717, 1.165) is 6.42 Å². The van der Waals surface area contributed by atoms with Crippen molar-refractivity contribution in [2.24, 2.45) is 0 Å². The number of carbonyl (C=O) groups is 1. The van der Waals surface area contributed by atoms with E-state index in [0.29, 0.717) is 11.3 Å². The Kier molecular flexibility index (Phi) is 4.56. The highest BCUT2D eigenvalue weighted by Crippen LogP contribution is 2.21. The SMILES string of the molecule is CCc1ccc(C(=O)/C=C/Nc2ccccc2O)cc1. The van der Waals surface area contributed by atoms with Gasteiger partial charge in [0.15, 0.2) is 5.78 Å². The molecule has 0 unspecified atom stereocenters. The standard InChI is InChI=1S/C17H17NO2/c1-2-13-7-9-14(10-8-13)16(19)11-12-18-15-5-3-4-6-17(15)20/h3-12,18,20H,2H2,1H3/b12-11+. The molecule has 0 saturated carbocycles. The lowest BCUT2D eigenvalue weighted by atomic mass is 10.1. The number of nitrogens with one attached hydrogen (secondary N) is 1. The Morgan fingerprint density at radius 2 is 1.85 bits per heavy atom. The van der Waals surface area contributed by atoms with Crippen molar-refractivity contribution in [1.82, 2.24) is 0 Å². The van der Waals surface area contributed by atoms with E-state index in [2.05, 4.69) is 12.2 Å². The summed E-state index contributed by atoms with van der Waals surface area (Å²) in [5.41, 5.74) is 2.42. The van der Waals surface area contributed by atoms with Crippen LogP contribution in [0.2, 0.25) is 0 Å². The Morgan fingerprint density at radius 1 is 1.15 bits per heavy atom. The van der Waals surface area contributed by atoms with E-state index in [1.807, 2.05) is 24.3 Å². The van der Waals surface area contributed by atoms with Gasteiger partial charge in [-0.2, -0.15) is 0 Å². The predicted molar refractivity (Wildman–Crippen MR) is 81.0 cm³/mol. The van der Waals surface area contributed by atoms with Gasteiger partial charge < -0.3 is 10.4 Å². The first-order chi connectivity index (χ1) is 9.70. The molecule has 0 aliphatic heterocycles. The average Bonchev–Trinajstić information content (AvgIpc) is 2.49. The summed E-state index contributed by atoms with van der Waals surface area (Å²) >= 11 is 0. The van der Waals surface area contributed by atoms with Crippen LogP contribution in [0.5, 0.6) is 5.75 Å².